The van der Waals surface area contributed by atoms with Gasteiger partial charge in [-0.15, -0.1) is 0 Å². The molecule has 0 aliphatic carbocycles. The smallest absolute Gasteiger partial charge is 0.325 e. The minimum atomic E-state index is -0.901. The van der Waals surface area contributed by atoms with Gasteiger partial charge < -0.3 is 10.2 Å². The van der Waals surface area contributed by atoms with Gasteiger partial charge in [0.1, 0.15) is 5.54 Å². The number of piperidine rings is 1. The normalized spacial score (nSPS) is 18.3. The predicted molar refractivity (Wildman–Crippen MR) is 114 cm³/mol. The van der Waals surface area contributed by atoms with Crippen LogP contribution in [0.15, 0.2) is 60.7 Å². The Bertz CT molecular complexity index is 975. The summed E-state index contributed by atoms with van der Waals surface area (Å²) in [6.45, 7) is 3.12. The van der Waals surface area contributed by atoms with E-state index in [1.165, 1.54) is 4.90 Å². The number of imide groups is 1. The van der Waals surface area contributed by atoms with Gasteiger partial charge >= 0.3 is 6.03 Å². The number of amides is 4. The van der Waals surface area contributed by atoms with Crippen molar-refractivity contribution in [2.45, 2.75) is 31.8 Å². The van der Waals surface area contributed by atoms with Crippen molar-refractivity contribution >= 4 is 23.9 Å². The summed E-state index contributed by atoms with van der Waals surface area (Å²) in [6.07, 6.45) is 4.20. The fourth-order valence-electron chi connectivity index (χ4n) is 3.98. The average molecular weight is 403 g/mol. The van der Waals surface area contributed by atoms with Gasteiger partial charge in [-0.2, -0.15) is 0 Å². The van der Waals surface area contributed by atoms with E-state index in [0.29, 0.717) is 25.9 Å². The molecule has 0 aromatic heterocycles. The van der Waals surface area contributed by atoms with Crippen molar-refractivity contribution in [2.75, 3.05) is 13.1 Å². The van der Waals surface area contributed by atoms with Crippen LogP contribution in [0.4, 0.5) is 4.79 Å². The number of benzene rings is 2. The standard InChI is InChI=1S/C24H25N3O3/c1-18-7-9-20(10-8-18)17-27-22(29)24(25-23(27)30)13-15-26(16-14-24)21(28)12-11-19-5-3-2-4-6-19/h2-12H,13-17H2,1H3,(H,25,30)/b12-11+. The first-order chi connectivity index (χ1) is 14.5. The zero-order valence-corrected chi connectivity index (χ0v) is 17.0. The van der Waals surface area contributed by atoms with Crippen LogP contribution in [-0.4, -0.2) is 46.3 Å². The summed E-state index contributed by atoms with van der Waals surface area (Å²) >= 11 is 0. The summed E-state index contributed by atoms with van der Waals surface area (Å²) in [5, 5.41) is 2.90. The molecule has 2 saturated heterocycles. The molecular formula is C24H25N3O3. The lowest BCUT2D eigenvalue weighted by Crippen LogP contribution is -2.55. The van der Waals surface area contributed by atoms with Gasteiger partial charge in [-0.25, -0.2) is 4.79 Å². The van der Waals surface area contributed by atoms with Crippen LogP contribution in [-0.2, 0) is 16.1 Å². The highest BCUT2D eigenvalue weighted by Gasteiger charge is 2.52. The number of nitrogens with zero attached hydrogens (tertiary/aromatic N) is 2. The van der Waals surface area contributed by atoms with E-state index in [4.69, 9.17) is 0 Å². The third-order valence-electron chi connectivity index (χ3n) is 5.85. The molecule has 2 aliphatic heterocycles. The van der Waals surface area contributed by atoms with Gasteiger partial charge in [0.05, 0.1) is 6.54 Å². The summed E-state index contributed by atoms with van der Waals surface area (Å²) in [5.74, 6) is -0.276. The minimum Gasteiger partial charge on any atom is -0.339 e. The Kier molecular flexibility index (Phi) is 5.40. The van der Waals surface area contributed by atoms with Crippen molar-refractivity contribution in [1.82, 2.24) is 15.1 Å². The van der Waals surface area contributed by atoms with Gasteiger partial charge in [0.15, 0.2) is 0 Å². The maximum atomic E-state index is 13.1. The molecule has 0 unspecified atom stereocenters. The summed E-state index contributed by atoms with van der Waals surface area (Å²) in [5.41, 5.74) is 2.11. The lowest BCUT2D eigenvalue weighted by molar-refractivity contribution is -0.136. The molecule has 2 aliphatic rings. The molecule has 1 N–H and O–H groups in total. The summed E-state index contributed by atoms with van der Waals surface area (Å²) in [6, 6.07) is 17.1. The summed E-state index contributed by atoms with van der Waals surface area (Å²) in [4.78, 5) is 41.1. The third kappa shape index (κ3) is 3.99. The SMILES string of the molecule is Cc1ccc(CN2C(=O)NC3(CCN(C(=O)/C=C/c4ccccc4)CC3)C2=O)cc1. The second-order valence-corrected chi connectivity index (χ2v) is 7.96. The Labute approximate surface area is 176 Å². The Hall–Kier alpha value is -3.41. The molecule has 154 valence electrons. The maximum absolute atomic E-state index is 13.1. The van der Waals surface area contributed by atoms with Gasteiger partial charge in [0, 0.05) is 19.2 Å². The van der Waals surface area contributed by atoms with Crippen LogP contribution < -0.4 is 5.32 Å². The van der Waals surface area contributed by atoms with E-state index in [9.17, 15) is 14.4 Å². The van der Waals surface area contributed by atoms with Crippen molar-refractivity contribution in [3.05, 3.63) is 77.4 Å². The number of carbonyl (C=O) groups is 3. The first-order valence-corrected chi connectivity index (χ1v) is 10.2. The van der Waals surface area contributed by atoms with E-state index >= 15 is 0 Å². The van der Waals surface area contributed by atoms with Gasteiger partial charge in [-0.1, -0.05) is 60.2 Å². The Morgan fingerprint density at radius 1 is 1.03 bits per heavy atom. The number of hydrogen-bond donors (Lipinski definition) is 1. The van der Waals surface area contributed by atoms with Crippen molar-refractivity contribution in [2.24, 2.45) is 0 Å². The zero-order chi connectivity index (χ0) is 21.1. The van der Waals surface area contributed by atoms with E-state index in [1.807, 2.05) is 61.5 Å². The lowest BCUT2D eigenvalue weighted by atomic mass is 9.87. The van der Waals surface area contributed by atoms with Crippen LogP contribution in [0.25, 0.3) is 6.08 Å². The van der Waals surface area contributed by atoms with Crippen LogP contribution in [0, 0.1) is 6.92 Å². The van der Waals surface area contributed by atoms with Crippen LogP contribution in [0.2, 0.25) is 0 Å². The average Bonchev–Trinajstić information content (AvgIpc) is 2.99. The number of rotatable bonds is 4. The van der Waals surface area contributed by atoms with Crippen molar-refractivity contribution < 1.29 is 14.4 Å². The molecule has 2 fully saturated rings. The molecule has 6 nitrogen and oxygen atoms in total. The van der Waals surface area contributed by atoms with Crippen molar-refractivity contribution in [1.29, 1.82) is 0 Å². The molecule has 30 heavy (non-hydrogen) atoms. The summed E-state index contributed by atoms with van der Waals surface area (Å²) < 4.78 is 0. The molecule has 2 heterocycles. The third-order valence-corrected chi connectivity index (χ3v) is 5.85. The zero-order valence-electron chi connectivity index (χ0n) is 17.0. The van der Waals surface area contributed by atoms with Gasteiger partial charge in [-0.3, -0.25) is 14.5 Å². The molecule has 4 rings (SSSR count). The van der Waals surface area contributed by atoms with E-state index in [1.54, 1.807) is 17.1 Å². The van der Waals surface area contributed by atoms with Crippen LogP contribution in [0.1, 0.15) is 29.5 Å². The monoisotopic (exact) mass is 403 g/mol. The Balaban J connectivity index is 1.38. The molecule has 2 aromatic carbocycles. The van der Waals surface area contributed by atoms with E-state index in [0.717, 1.165) is 16.7 Å². The molecule has 0 atom stereocenters. The molecule has 0 bridgehead atoms. The molecule has 6 heteroatoms. The molecule has 1 spiro atoms. The first-order valence-electron chi connectivity index (χ1n) is 10.2. The van der Waals surface area contributed by atoms with Gasteiger partial charge in [-0.05, 0) is 37.0 Å². The lowest BCUT2D eigenvalue weighted by Gasteiger charge is -2.36. The molecule has 0 saturated carbocycles. The predicted octanol–water partition coefficient (Wildman–Crippen LogP) is 3.12. The van der Waals surface area contributed by atoms with E-state index in [-0.39, 0.29) is 24.4 Å². The van der Waals surface area contributed by atoms with Gasteiger partial charge in [0.25, 0.3) is 5.91 Å². The molecular weight excluding hydrogens is 378 g/mol. The van der Waals surface area contributed by atoms with Crippen LogP contribution in [0.5, 0.6) is 0 Å². The highest BCUT2D eigenvalue weighted by molar-refractivity contribution is 6.07. The second kappa shape index (κ2) is 8.14. The second-order valence-electron chi connectivity index (χ2n) is 7.96. The van der Waals surface area contributed by atoms with Crippen molar-refractivity contribution in [3.8, 4) is 0 Å². The number of carbonyl (C=O) groups excluding carboxylic acids is 3. The quantitative estimate of drug-likeness (QED) is 0.630. The largest absolute Gasteiger partial charge is 0.339 e. The molecule has 0 radical (unpaired) electrons. The summed E-state index contributed by atoms with van der Waals surface area (Å²) in [7, 11) is 0. The Morgan fingerprint density at radius 2 is 1.70 bits per heavy atom. The fraction of sp³-hybridized carbons (Fsp3) is 0.292. The van der Waals surface area contributed by atoms with Gasteiger partial charge in [0.2, 0.25) is 5.91 Å². The molecule has 4 amide bonds. The topological polar surface area (TPSA) is 69.7 Å². The number of aryl methyl sites for hydroxylation is 1. The number of likely N-dealkylation sites (tertiary alicyclic amines) is 1. The van der Waals surface area contributed by atoms with Crippen LogP contribution >= 0.6 is 0 Å². The highest BCUT2D eigenvalue weighted by Crippen LogP contribution is 2.30. The highest BCUT2D eigenvalue weighted by atomic mass is 16.2. The number of nitrogens with one attached hydrogen (secondary N) is 1. The van der Waals surface area contributed by atoms with E-state index < -0.39 is 5.54 Å². The first kappa shape index (κ1) is 19.9. The van der Waals surface area contributed by atoms with Crippen molar-refractivity contribution in [3.63, 3.8) is 0 Å². The van der Waals surface area contributed by atoms with E-state index in [2.05, 4.69) is 5.32 Å². The minimum absolute atomic E-state index is 0.0815. The number of hydrogen-bond acceptors (Lipinski definition) is 3. The Morgan fingerprint density at radius 3 is 2.37 bits per heavy atom. The van der Waals surface area contributed by atoms with Crippen LogP contribution in [0.3, 0.4) is 0 Å². The fourth-order valence-corrected chi connectivity index (χ4v) is 3.98. The number of urea groups is 1. The molecule has 2 aromatic rings. The maximum Gasteiger partial charge on any atom is 0.325 e.